The summed E-state index contributed by atoms with van der Waals surface area (Å²) < 4.78 is 16.7. The minimum Gasteiger partial charge on any atom is -0.466 e. The van der Waals surface area contributed by atoms with Crippen LogP contribution in [0.15, 0.2) is 72.9 Å². The molecule has 88 heavy (non-hydrogen) atoms. The molecule has 1 saturated heterocycles. The summed E-state index contributed by atoms with van der Waals surface area (Å²) in [5.74, 6) is -0.200. The lowest BCUT2D eigenvalue weighted by Crippen LogP contribution is -2.60. The van der Waals surface area contributed by atoms with E-state index in [0.717, 1.165) is 70.6 Å². The fourth-order valence-corrected chi connectivity index (χ4v) is 11.4. The highest BCUT2D eigenvalue weighted by atomic mass is 16.7. The Bertz CT molecular complexity index is 1690. The van der Waals surface area contributed by atoms with Crippen LogP contribution in [0.25, 0.3) is 0 Å². The lowest BCUT2D eigenvalue weighted by molar-refractivity contribution is -0.302. The number of allylic oxidation sites excluding steroid dienone is 11. The average molecular weight is 1240 g/mol. The number of ether oxygens (including phenoxy) is 3. The van der Waals surface area contributed by atoms with E-state index in [2.05, 4.69) is 79.9 Å². The van der Waals surface area contributed by atoms with E-state index in [9.17, 15) is 35.1 Å². The topological polar surface area (TPSA) is 175 Å². The molecule has 0 aromatic heterocycles. The lowest BCUT2D eigenvalue weighted by atomic mass is 9.99. The van der Waals surface area contributed by atoms with Crippen LogP contribution in [0.3, 0.4) is 0 Å². The summed E-state index contributed by atoms with van der Waals surface area (Å²) in [6.45, 7) is 4.30. The molecule has 1 amide bonds. The minimum absolute atomic E-state index is 0.00998. The Morgan fingerprint density at radius 2 is 0.784 bits per heavy atom. The first-order valence-electron chi connectivity index (χ1n) is 37.2. The summed E-state index contributed by atoms with van der Waals surface area (Å²) >= 11 is 0. The van der Waals surface area contributed by atoms with Gasteiger partial charge in [-0.1, -0.05) is 299 Å². The predicted molar refractivity (Wildman–Crippen MR) is 370 cm³/mol. The molecule has 0 spiro atoms. The quantitative estimate of drug-likeness (QED) is 0.0195. The van der Waals surface area contributed by atoms with E-state index in [1.807, 2.05) is 6.08 Å². The predicted octanol–water partition coefficient (Wildman–Crippen LogP) is 19.5. The molecule has 0 saturated carbocycles. The van der Waals surface area contributed by atoms with Gasteiger partial charge in [0.2, 0.25) is 5.91 Å². The van der Waals surface area contributed by atoms with Crippen molar-refractivity contribution < 1.29 is 49.3 Å². The van der Waals surface area contributed by atoms with E-state index in [4.69, 9.17) is 14.2 Å². The molecular formula is C77H139NO10. The standard InChI is InChI=1S/C77H139NO10/c1-3-5-7-9-11-13-15-17-36-39-43-47-51-55-59-63-70(80)69(68-87-77-76(85)75(84)74(83)71(67-79)88-77)78-72(81)64-60-56-52-48-44-40-37-34-32-30-28-26-24-22-20-19-21-23-25-27-29-31-33-35-38-42-46-50-54-58-62-66-86-73(82)65-61-57-53-49-45-41-18-16-14-12-10-8-6-4-2/h10,12,16,18,21,23,27,29,43,47,59,63,69-71,74-77,79-80,83-85H,3-9,11,13-15,17,19-20,22,24-26,28,30-42,44-46,48-58,60-62,64-68H2,1-2H3,(H,78,81)/b12-10-,18-16-,23-21-,29-27-,47-43+,63-59+. The number of hydrogen-bond acceptors (Lipinski definition) is 10. The zero-order valence-electron chi connectivity index (χ0n) is 56.9. The highest BCUT2D eigenvalue weighted by molar-refractivity contribution is 5.76. The maximum absolute atomic E-state index is 13.1. The maximum Gasteiger partial charge on any atom is 0.305 e. The molecule has 1 aliphatic rings. The largest absolute Gasteiger partial charge is 0.466 e. The summed E-state index contributed by atoms with van der Waals surface area (Å²) in [5, 5.41) is 54.6. The normalized spacial score (nSPS) is 18.2. The Morgan fingerprint density at radius 3 is 1.23 bits per heavy atom. The third kappa shape index (κ3) is 53.7. The molecule has 6 N–H and O–H groups in total. The summed E-state index contributed by atoms with van der Waals surface area (Å²) in [7, 11) is 0. The Kier molecular flexibility index (Phi) is 61.9. The Hall–Kier alpha value is -2.90. The van der Waals surface area contributed by atoms with Crippen LogP contribution in [0, 0.1) is 0 Å². The number of aliphatic hydroxyl groups excluding tert-OH is 5. The van der Waals surface area contributed by atoms with Crippen LogP contribution in [-0.2, 0) is 23.8 Å². The molecule has 0 bridgehead atoms. The summed E-state index contributed by atoms with van der Waals surface area (Å²) in [4.78, 5) is 25.2. The number of aliphatic hydroxyl groups is 5. The van der Waals surface area contributed by atoms with E-state index < -0.39 is 49.5 Å². The van der Waals surface area contributed by atoms with Crippen LogP contribution >= 0.6 is 0 Å². The number of unbranched alkanes of at least 4 members (excludes halogenated alkanes) is 41. The third-order valence-corrected chi connectivity index (χ3v) is 17.3. The highest BCUT2D eigenvalue weighted by Gasteiger charge is 2.44. The molecule has 0 aromatic rings. The Morgan fingerprint density at radius 1 is 0.420 bits per heavy atom. The van der Waals surface area contributed by atoms with Gasteiger partial charge in [-0.2, -0.15) is 0 Å². The number of rotatable bonds is 65. The lowest BCUT2D eigenvalue weighted by Gasteiger charge is -2.40. The highest BCUT2D eigenvalue weighted by Crippen LogP contribution is 2.23. The van der Waals surface area contributed by atoms with Gasteiger partial charge in [0.15, 0.2) is 6.29 Å². The zero-order chi connectivity index (χ0) is 63.7. The van der Waals surface area contributed by atoms with Gasteiger partial charge in [-0.3, -0.25) is 9.59 Å². The first kappa shape index (κ1) is 83.1. The van der Waals surface area contributed by atoms with Crippen LogP contribution in [0.1, 0.15) is 341 Å². The van der Waals surface area contributed by atoms with Crippen molar-refractivity contribution in [3.8, 4) is 0 Å². The second-order valence-corrected chi connectivity index (χ2v) is 25.6. The molecule has 512 valence electrons. The summed E-state index contributed by atoms with van der Waals surface area (Å²) in [5.41, 5.74) is 0. The van der Waals surface area contributed by atoms with Crippen molar-refractivity contribution in [1.29, 1.82) is 0 Å². The Labute approximate surface area is 541 Å². The second-order valence-electron chi connectivity index (χ2n) is 25.6. The number of carbonyl (C=O) groups is 2. The van der Waals surface area contributed by atoms with Crippen molar-refractivity contribution in [2.24, 2.45) is 0 Å². The molecular weight excluding hydrogens is 1100 g/mol. The maximum atomic E-state index is 13.1. The second kappa shape index (κ2) is 65.6. The first-order valence-corrected chi connectivity index (χ1v) is 37.2. The van der Waals surface area contributed by atoms with Gasteiger partial charge in [-0.15, -0.1) is 0 Å². The molecule has 0 aliphatic carbocycles. The van der Waals surface area contributed by atoms with Crippen molar-refractivity contribution in [2.45, 2.75) is 384 Å². The van der Waals surface area contributed by atoms with E-state index >= 15 is 0 Å². The van der Waals surface area contributed by atoms with Crippen LogP contribution < -0.4 is 5.32 Å². The number of hydrogen-bond donors (Lipinski definition) is 6. The van der Waals surface area contributed by atoms with Crippen molar-refractivity contribution in [1.82, 2.24) is 5.32 Å². The van der Waals surface area contributed by atoms with Crippen LogP contribution in [-0.4, -0.2) is 100 Å². The number of nitrogens with one attached hydrogen (secondary N) is 1. The van der Waals surface area contributed by atoms with Gasteiger partial charge < -0.3 is 45.1 Å². The number of esters is 1. The monoisotopic (exact) mass is 1240 g/mol. The molecule has 0 aromatic carbocycles. The van der Waals surface area contributed by atoms with E-state index in [-0.39, 0.29) is 18.5 Å². The van der Waals surface area contributed by atoms with Crippen molar-refractivity contribution in [3.05, 3.63) is 72.9 Å². The van der Waals surface area contributed by atoms with E-state index in [1.165, 1.54) is 244 Å². The number of amides is 1. The SMILES string of the molecule is CCCC/C=C\C/C=C\CCCCCCCC(=O)OCCCCCCCCCCC/C=C\C/C=C\CCCCCCCCCCCCCCCCCC(=O)NC(COC1OC(CO)C(O)C(O)C1O)C(O)/C=C/CC/C=C/CCCCCCCCCCC. The summed E-state index contributed by atoms with van der Waals surface area (Å²) in [6.07, 6.45) is 78.9. The van der Waals surface area contributed by atoms with Crippen molar-refractivity contribution >= 4 is 11.9 Å². The summed E-state index contributed by atoms with van der Waals surface area (Å²) in [6, 6.07) is -0.829. The molecule has 1 rings (SSSR count). The molecule has 7 atom stereocenters. The van der Waals surface area contributed by atoms with Gasteiger partial charge >= 0.3 is 5.97 Å². The number of carbonyl (C=O) groups excluding carboxylic acids is 2. The molecule has 1 fully saturated rings. The fourth-order valence-electron chi connectivity index (χ4n) is 11.4. The van der Waals surface area contributed by atoms with Gasteiger partial charge in [0.1, 0.15) is 24.4 Å². The molecule has 1 heterocycles. The van der Waals surface area contributed by atoms with E-state index in [1.54, 1.807) is 6.08 Å². The average Bonchev–Trinajstić information content (AvgIpc) is 3.73. The van der Waals surface area contributed by atoms with Crippen LogP contribution in [0.5, 0.6) is 0 Å². The van der Waals surface area contributed by atoms with Gasteiger partial charge in [0.05, 0.1) is 32.0 Å². The van der Waals surface area contributed by atoms with Gasteiger partial charge in [0, 0.05) is 12.8 Å². The van der Waals surface area contributed by atoms with Gasteiger partial charge in [-0.05, 0) is 103 Å². The van der Waals surface area contributed by atoms with Crippen molar-refractivity contribution in [3.63, 3.8) is 0 Å². The molecule has 0 radical (unpaired) electrons. The zero-order valence-corrected chi connectivity index (χ0v) is 56.9. The Balaban J connectivity index is 1.99. The van der Waals surface area contributed by atoms with Crippen LogP contribution in [0.4, 0.5) is 0 Å². The minimum atomic E-state index is -1.58. The van der Waals surface area contributed by atoms with E-state index in [0.29, 0.717) is 19.4 Å². The molecule has 1 aliphatic heterocycles. The molecule has 11 nitrogen and oxygen atoms in total. The van der Waals surface area contributed by atoms with Crippen molar-refractivity contribution in [2.75, 3.05) is 19.8 Å². The fraction of sp³-hybridized carbons (Fsp3) is 0.818. The van der Waals surface area contributed by atoms with Gasteiger partial charge in [-0.25, -0.2) is 0 Å². The van der Waals surface area contributed by atoms with Crippen LogP contribution in [0.2, 0.25) is 0 Å². The first-order chi connectivity index (χ1) is 43.2. The molecule has 7 unspecified atom stereocenters. The van der Waals surface area contributed by atoms with Gasteiger partial charge in [0.25, 0.3) is 0 Å². The third-order valence-electron chi connectivity index (χ3n) is 17.3. The molecule has 11 heteroatoms. The smallest absolute Gasteiger partial charge is 0.305 e.